The van der Waals surface area contributed by atoms with E-state index in [4.69, 9.17) is 4.74 Å². The Morgan fingerprint density at radius 2 is 1.76 bits per heavy atom. The monoisotopic (exact) mass is 395 g/mol. The maximum Gasteiger partial charge on any atom is 0.251 e. The summed E-state index contributed by atoms with van der Waals surface area (Å²) < 4.78 is 5.39. The molecule has 3 rings (SSSR count). The van der Waals surface area contributed by atoms with Crippen LogP contribution >= 0.6 is 0 Å². The number of anilines is 1. The molecule has 154 valence electrons. The molecular weight excluding hydrogens is 366 g/mol. The normalized spacial score (nSPS) is 13.8. The number of aryl methyl sites for hydroxylation is 1. The van der Waals surface area contributed by atoms with Gasteiger partial charge in [-0.05, 0) is 36.2 Å². The molecule has 1 aliphatic rings. The maximum absolute atomic E-state index is 12.4. The van der Waals surface area contributed by atoms with Crippen LogP contribution in [-0.2, 0) is 16.1 Å². The van der Waals surface area contributed by atoms with Crippen molar-refractivity contribution in [3.05, 3.63) is 65.2 Å². The molecule has 1 fully saturated rings. The Hall–Kier alpha value is -2.86. The van der Waals surface area contributed by atoms with Crippen LogP contribution in [0.1, 0.15) is 27.9 Å². The predicted molar refractivity (Wildman–Crippen MR) is 114 cm³/mol. The van der Waals surface area contributed by atoms with Gasteiger partial charge in [0.1, 0.15) is 0 Å². The van der Waals surface area contributed by atoms with Gasteiger partial charge in [0.2, 0.25) is 5.91 Å². The highest BCUT2D eigenvalue weighted by Gasteiger charge is 2.13. The number of ether oxygens (including phenoxy) is 1. The van der Waals surface area contributed by atoms with E-state index in [9.17, 15) is 9.59 Å². The molecule has 2 aromatic carbocycles. The number of hydrogen-bond acceptors (Lipinski definition) is 4. The zero-order chi connectivity index (χ0) is 20.6. The van der Waals surface area contributed by atoms with Crippen molar-refractivity contribution < 1.29 is 14.3 Å². The molecule has 1 heterocycles. The lowest BCUT2D eigenvalue weighted by molar-refractivity contribution is -0.130. The quantitative estimate of drug-likeness (QED) is 0.783. The van der Waals surface area contributed by atoms with Crippen LogP contribution < -0.4 is 10.2 Å². The van der Waals surface area contributed by atoms with E-state index in [0.717, 1.165) is 37.4 Å². The molecule has 0 bridgehead atoms. The van der Waals surface area contributed by atoms with E-state index in [-0.39, 0.29) is 18.2 Å². The molecule has 2 amide bonds. The van der Waals surface area contributed by atoms with Crippen molar-refractivity contribution >= 4 is 17.5 Å². The second-order valence-electron chi connectivity index (χ2n) is 7.34. The predicted octanol–water partition coefficient (Wildman–Crippen LogP) is 2.61. The Balaban J connectivity index is 1.44. The fourth-order valence-electron chi connectivity index (χ4n) is 3.39. The molecule has 0 spiro atoms. The highest BCUT2D eigenvalue weighted by molar-refractivity contribution is 5.95. The lowest BCUT2D eigenvalue weighted by atomic mass is 10.1. The number of rotatable bonds is 7. The Morgan fingerprint density at radius 1 is 1.07 bits per heavy atom. The summed E-state index contributed by atoms with van der Waals surface area (Å²) in [4.78, 5) is 28.6. The average molecular weight is 396 g/mol. The fourth-order valence-corrected chi connectivity index (χ4v) is 3.39. The Morgan fingerprint density at radius 3 is 2.45 bits per heavy atom. The summed E-state index contributed by atoms with van der Waals surface area (Å²) in [5.41, 5.74) is 3.84. The molecule has 0 unspecified atom stereocenters. The highest BCUT2D eigenvalue weighted by atomic mass is 16.5. The smallest absolute Gasteiger partial charge is 0.251 e. The van der Waals surface area contributed by atoms with Crippen molar-refractivity contribution in [2.45, 2.75) is 19.9 Å². The van der Waals surface area contributed by atoms with Crippen molar-refractivity contribution in [3.8, 4) is 0 Å². The number of morpholine rings is 1. The fraction of sp³-hybridized carbons (Fsp3) is 0.391. The van der Waals surface area contributed by atoms with Crippen LogP contribution in [0, 0.1) is 6.92 Å². The average Bonchev–Trinajstić information content (AvgIpc) is 2.75. The summed E-state index contributed by atoms with van der Waals surface area (Å²) in [6.45, 7) is 6.12. The van der Waals surface area contributed by atoms with Gasteiger partial charge in [0.05, 0.1) is 13.2 Å². The van der Waals surface area contributed by atoms with Crippen molar-refractivity contribution in [1.29, 1.82) is 0 Å². The minimum Gasteiger partial charge on any atom is -0.378 e. The minimum atomic E-state index is -0.141. The van der Waals surface area contributed by atoms with Crippen molar-refractivity contribution in [3.63, 3.8) is 0 Å². The number of carbonyl (C=O) groups excluding carboxylic acids is 2. The molecule has 0 saturated carbocycles. The highest BCUT2D eigenvalue weighted by Crippen LogP contribution is 2.17. The topological polar surface area (TPSA) is 61.9 Å². The minimum absolute atomic E-state index is 0.00680. The van der Waals surface area contributed by atoms with Gasteiger partial charge in [-0.15, -0.1) is 0 Å². The van der Waals surface area contributed by atoms with E-state index in [1.54, 1.807) is 18.0 Å². The van der Waals surface area contributed by atoms with Crippen LogP contribution in [0.15, 0.2) is 48.5 Å². The first-order valence-electron chi connectivity index (χ1n) is 10.0. The van der Waals surface area contributed by atoms with E-state index >= 15 is 0 Å². The SMILES string of the molecule is Cc1ccccc1C(=O)NCCC(=O)N(C)Cc1ccc(N2CCOCC2)cc1. The molecular formula is C23H29N3O3. The summed E-state index contributed by atoms with van der Waals surface area (Å²) in [6.07, 6.45) is 0.278. The summed E-state index contributed by atoms with van der Waals surface area (Å²) >= 11 is 0. The van der Waals surface area contributed by atoms with E-state index in [1.807, 2.05) is 25.1 Å². The molecule has 0 aliphatic carbocycles. The van der Waals surface area contributed by atoms with Crippen LogP contribution in [0.4, 0.5) is 5.69 Å². The largest absolute Gasteiger partial charge is 0.378 e. The molecule has 1 N–H and O–H groups in total. The molecule has 6 nitrogen and oxygen atoms in total. The third-order valence-electron chi connectivity index (χ3n) is 5.17. The second kappa shape index (κ2) is 10.1. The van der Waals surface area contributed by atoms with E-state index < -0.39 is 0 Å². The molecule has 6 heteroatoms. The van der Waals surface area contributed by atoms with E-state index in [1.165, 1.54) is 5.69 Å². The number of amides is 2. The van der Waals surface area contributed by atoms with Gasteiger partial charge in [-0.2, -0.15) is 0 Å². The van der Waals surface area contributed by atoms with Crippen molar-refractivity contribution in [1.82, 2.24) is 10.2 Å². The first kappa shape index (κ1) is 20.9. The van der Waals surface area contributed by atoms with Crippen LogP contribution in [0.2, 0.25) is 0 Å². The standard InChI is InChI=1S/C23H29N3O3/c1-18-5-3-4-6-21(18)23(28)24-12-11-22(27)25(2)17-19-7-9-20(10-8-19)26-13-15-29-16-14-26/h3-10H,11-17H2,1-2H3,(H,24,28). The second-order valence-corrected chi connectivity index (χ2v) is 7.34. The zero-order valence-electron chi connectivity index (χ0n) is 17.2. The van der Waals surface area contributed by atoms with Crippen molar-refractivity contribution in [2.75, 3.05) is 44.8 Å². The van der Waals surface area contributed by atoms with Crippen LogP contribution in [0.3, 0.4) is 0 Å². The number of carbonyl (C=O) groups is 2. The van der Waals surface area contributed by atoms with Gasteiger partial charge in [0.15, 0.2) is 0 Å². The molecule has 0 aromatic heterocycles. The summed E-state index contributed by atoms with van der Waals surface area (Å²) in [5, 5.41) is 2.83. The Labute approximate surface area is 172 Å². The third-order valence-corrected chi connectivity index (χ3v) is 5.17. The molecule has 1 aliphatic heterocycles. The number of nitrogens with zero attached hydrogens (tertiary/aromatic N) is 2. The van der Waals surface area contributed by atoms with Gasteiger partial charge in [-0.25, -0.2) is 0 Å². The van der Waals surface area contributed by atoms with Crippen LogP contribution in [0.5, 0.6) is 0 Å². The maximum atomic E-state index is 12.4. The number of hydrogen-bond donors (Lipinski definition) is 1. The lowest BCUT2D eigenvalue weighted by Crippen LogP contribution is -2.36. The number of benzene rings is 2. The Bertz CT molecular complexity index is 830. The van der Waals surface area contributed by atoms with Crippen molar-refractivity contribution in [2.24, 2.45) is 0 Å². The first-order valence-corrected chi connectivity index (χ1v) is 10.0. The van der Waals surface area contributed by atoms with Gasteiger partial charge in [0, 0.05) is 50.9 Å². The lowest BCUT2D eigenvalue weighted by Gasteiger charge is -2.29. The molecule has 1 saturated heterocycles. The molecule has 0 radical (unpaired) electrons. The van der Waals surface area contributed by atoms with Crippen LogP contribution in [-0.4, -0.2) is 56.6 Å². The molecule has 2 aromatic rings. The third kappa shape index (κ3) is 5.81. The van der Waals surface area contributed by atoms with Gasteiger partial charge in [-0.1, -0.05) is 30.3 Å². The summed E-state index contributed by atoms with van der Waals surface area (Å²) in [7, 11) is 1.79. The number of nitrogens with one attached hydrogen (secondary N) is 1. The zero-order valence-corrected chi connectivity index (χ0v) is 17.2. The van der Waals surface area contributed by atoms with Gasteiger partial charge in [-0.3, -0.25) is 9.59 Å². The first-order chi connectivity index (χ1) is 14.0. The molecule has 0 atom stereocenters. The van der Waals surface area contributed by atoms with E-state index in [0.29, 0.717) is 18.7 Å². The van der Waals surface area contributed by atoms with Crippen LogP contribution in [0.25, 0.3) is 0 Å². The van der Waals surface area contributed by atoms with Gasteiger partial charge >= 0.3 is 0 Å². The van der Waals surface area contributed by atoms with Gasteiger partial charge < -0.3 is 19.9 Å². The summed E-state index contributed by atoms with van der Waals surface area (Å²) in [6, 6.07) is 15.8. The molecule has 29 heavy (non-hydrogen) atoms. The van der Waals surface area contributed by atoms with Gasteiger partial charge in [0.25, 0.3) is 5.91 Å². The van der Waals surface area contributed by atoms with E-state index in [2.05, 4.69) is 34.5 Å². The summed E-state index contributed by atoms with van der Waals surface area (Å²) in [5.74, 6) is -0.135. The Kier molecular flexibility index (Phi) is 7.25.